The summed E-state index contributed by atoms with van der Waals surface area (Å²) >= 11 is 4.97. The van der Waals surface area contributed by atoms with Gasteiger partial charge in [-0.3, -0.25) is 4.79 Å². The number of amides is 1. The number of benzene rings is 1. The SMILES string of the molecule is Cl.O=C(Nc1ncc(Cc2ccc(Br)cc2)s1)C1CCCN1. The van der Waals surface area contributed by atoms with E-state index in [9.17, 15) is 4.79 Å². The summed E-state index contributed by atoms with van der Waals surface area (Å²) in [6, 6.07) is 8.17. The van der Waals surface area contributed by atoms with Gasteiger partial charge in [0, 0.05) is 22.0 Å². The second-order valence-corrected chi connectivity index (χ2v) is 7.10. The second-order valence-electron chi connectivity index (χ2n) is 5.07. The lowest BCUT2D eigenvalue weighted by Crippen LogP contribution is -2.35. The molecule has 22 heavy (non-hydrogen) atoms. The molecule has 2 aromatic rings. The van der Waals surface area contributed by atoms with Gasteiger partial charge >= 0.3 is 0 Å². The van der Waals surface area contributed by atoms with E-state index in [0.717, 1.165) is 35.2 Å². The Morgan fingerprint density at radius 1 is 1.41 bits per heavy atom. The molecule has 1 unspecified atom stereocenters. The van der Waals surface area contributed by atoms with Gasteiger partial charge in [0.2, 0.25) is 5.91 Å². The summed E-state index contributed by atoms with van der Waals surface area (Å²) in [5.41, 5.74) is 1.23. The van der Waals surface area contributed by atoms with Gasteiger partial charge in [0.05, 0.1) is 6.04 Å². The molecule has 0 saturated carbocycles. The number of nitrogens with one attached hydrogen (secondary N) is 2. The van der Waals surface area contributed by atoms with E-state index >= 15 is 0 Å². The third-order valence-electron chi connectivity index (χ3n) is 3.45. The summed E-state index contributed by atoms with van der Waals surface area (Å²) in [7, 11) is 0. The number of anilines is 1. The standard InChI is InChI=1S/C15H16BrN3OS.ClH/c16-11-5-3-10(4-6-11)8-12-9-18-15(21-12)19-14(20)13-2-1-7-17-13;/h3-6,9,13,17H,1-2,7-8H2,(H,18,19,20);1H. The molecule has 1 saturated heterocycles. The first-order valence-electron chi connectivity index (χ1n) is 6.94. The number of hydrogen-bond acceptors (Lipinski definition) is 4. The zero-order valence-electron chi connectivity index (χ0n) is 11.8. The van der Waals surface area contributed by atoms with Crippen LogP contribution in [0.25, 0.3) is 0 Å². The molecule has 1 aliphatic heterocycles. The van der Waals surface area contributed by atoms with E-state index in [0.29, 0.717) is 5.13 Å². The highest BCUT2D eigenvalue weighted by atomic mass is 79.9. The lowest BCUT2D eigenvalue weighted by Gasteiger charge is -2.08. The zero-order valence-corrected chi connectivity index (χ0v) is 15.1. The molecule has 2 N–H and O–H groups in total. The quantitative estimate of drug-likeness (QED) is 0.821. The van der Waals surface area contributed by atoms with Crippen LogP contribution in [0.15, 0.2) is 34.9 Å². The van der Waals surface area contributed by atoms with Crippen LogP contribution in [-0.2, 0) is 11.2 Å². The van der Waals surface area contributed by atoms with Crippen molar-refractivity contribution in [3.05, 3.63) is 45.4 Å². The predicted molar refractivity (Wildman–Crippen MR) is 96.0 cm³/mol. The molecule has 1 atom stereocenters. The molecule has 7 heteroatoms. The normalized spacial score (nSPS) is 17.0. The number of rotatable bonds is 4. The van der Waals surface area contributed by atoms with Crippen molar-refractivity contribution in [3.8, 4) is 0 Å². The Bertz CT molecular complexity index is 626. The van der Waals surface area contributed by atoms with E-state index in [4.69, 9.17) is 0 Å². The van der Waals surface area contributed by atoms with Crippen LogP contribution >= 0.6 is 39.7 Å². The molecular weight excluding hydrogens is 386 g/mol. The van der Waals surface area contributed by atoms with E-state index in [1.807, 2.05) is 18.3 Å². The lowest BCUT2D eigenvalue weighted by atomic mass is 10.1. The van der Waals surface area contributed by atoms with Gasteiger partial charge in [-0.05, 0) is 37.1 Å². The van der Waals surface area contributed by atoms with Gasteiger partial charge < -0.3 is 10.6 Å². The topological polar surface area (TPSA) is 54.0 Å². The highest BCUT2D eigenvalue weighted by Gasteiger charge is 2.22. The van der Waals surface area contributed by atoms with Crippen LogP contribution in [0.3, 0.4) is 0 Å². The Balaban J connectivity index is 0.00000176. The predicted octanol–water partition coefficient (Wildman–Crippen LogP) is 3.61. The molecule has 1 amide bonds. The van der Waals surface area contributed by atoms with Gasteiger partial charge in [-0.1, -0.05) is 28.1 Å². The Hall–Kier alpha value is -0.950. The van der Waals surface area contributed by atoms with Crippen LogP contribution in [0.1, 0.15) is 23.3 Å². The zero-order chi connectivity index (χ0) is 14.7. The Kier molecular flexibility index (Phi) is 6.37. The molecule has 0 bridgehead atoms. The van der Waals surface area contributed by atoms with Crippen molar-refractivity contribution in [1.29, 1.82) is 0 Å². The minimum atomic E-state index is -0.0659. The number of carbonyl (C=O) groups is 1. The van der Waals surface area contributed by atoms with E-state index in [1.165, 1.54) is 16.9 Å². The summed E-state index contributed by atoms with van der Waals surface area (Å²) in [4.78, 5) is 17.4. The third kappa shape index (κ3) is 4.52. The minimum absolute atomic E-state index is 0. The van der Waals surface area contributed by atoms with E-state index in [1.54, 1.807) is 0 Å². The fraction of sp³-hybridized carbons (Fsp3) is 0.333. The number of aromatic nitrogens is 1. The van der Waals surface area contributed by atoms with Crippen LogP contribution < -0.4 is 10.6 Å². The van der Waals surface area contributed by atoms with Crippen molar-refractivity contribution in [2.75, 3.05) is 11.9 Å². The highest BCUT2D eigenvalue weighted by Crippen LogP contribution is 2.22. The molecule has 2 heterocycles. The van der Waals surface area contributed by atoms with E-state index in [2.05, 4.69) is 43.7 Å². The number of thiazole rings is 1. The molecule has 4 nitrogen and oxygen atoms in total. The maximum absolute atomic E-state index is 12.0. The van der Waals surface area contributed by atoms with Crippen LogP contribution in [0.5, 0.6) is 0 Å². The highest BCUT2D eigenvalue weighted by molar-refractivity contribution is 9.10. The Labute approximate surface area is 148 Å². The second kappa shape index (κ2) is 8.06. The van der Waals surface area contributed by atoms with E-state index in [-0.39, 0.29) is 24.4 Å². The summed E-state index contributed by atoms with van der Waals surface area (Å²) in [6.45, 7) is 0.921. The number of nitrogens with zero attached hydrogens (tertiary/aromatic N) is 1. The van der Waals surface area contributed by atoms with Gasteiger partial charge in [-0.25, -0.2) is 4.98 Å². The van der Waals surface area contributed by atoms with Crippen molar-refractivity contribution in [1.82, 2.24) is 10.3 Å². The minimum Gasteiger partial charge on any atom is -0.306 e. The smallest absolute Gasteiger partial charge is 0.243 e. The molecular formula is C15H17BrClN3OS. The fourth-order valence-electron chi connectivity index (χ4n) is 2.35. The molecule has 1 fully saturated rings. The average molecular weight is 403 g/mol. The van der Waals surface area contributed by atoms with Crippen LogP contribution in [0.2, 0.25) is 0 Å². The maximum atomic E-state index is 12.0. The van der Waals surface area contributed by atoms with Gasteiger partial charge in [0.15, 0.2) is 5.13 Å². The van der Waals surface area contributed by atoms with E-state index < -0.39 is 0 Å². The number of carbonyl (C=O) groups excluding carboxylic acids is 1. The first-order valence-corrected chi connectivity index (χ1v) is 8.55. The Morgan fingerprint density at radius 2 is 2.18 bits per heavy atom. The van der Waals surface area contributed by atoms with Crippen LogP contribution in [0, 0.1) is 0 Å². The Morgan fingerprint density at radius 3 is 2.86 bits per heavy atom. The van der Waals surface area contributed by atoms with Gasteiger partial charge in [-0.15, -0.1) is 23.7 Å². The van der Waals surface area contributed by atoms with Crippen molar-refractivity contribution in [2.24, 2.45) is 0 Å². The van der Waals surface area contributed by atoms with Gasteiger partial charge in [0.1, 0.15) is 0 Å². The third-order valence-corrected chi connectivity index (χ3v) is 4.89. The van der Waals surface area contributed by atoms with Crippen molar-refractivity contribution in [3.63, 3.8) is 0 Å². The molecule has 1 aromatic heterocycles. The largest absolute Gasteiger partial charge is 0.306 e. The van der Waals surface area contributed by atoms with Crippen LogP contribution in [0.4, 0.5) is 5.13 Å². The molecule has 0 spiro atoms. The van der Waals surface area contributed by atoms with Crippen LogP contribution in [-0.4, -0.2) is 23.5 Å². The van der Waals surface area contributed by atoms with Gasteiger partial charge in [0.25, 0.3) is 0 Å². The van der Waals surface area contributed by atoms with Crippen molar-refractivity contribution >= 4 is 50.7 Å². The molecule has 1 aliphatic rings. The summed E-state index contributed by atoms with van der Waals surface area (Å²) < 4.78 is 1.08. The number of halogens is 2. The number of hydrogen-bond donors (Lipinski definition) is 2. The average Bonchev–Trinajstić information content (AvgIpc) is 3.13. The summed E-state index contributed by atoms with van der Waals surface area (Å²) in [5.74, 6) is 0.0250. The summed E-state index contributed by atoms with van der Waals surface area (Å²) in [6.07, 6.45) is 4.64. The first-order chi connectivity index (χ1) is 10.2. The maximum Gasteiger partial charge on any atom is 0.243 e. The summed E-state index contributed by atoms with van der Waals surface area (Å²) in [5, 5.41) is 6.77. The molecule has 0 aliphatic carbocycles. The first kappa shape index (κ1) is 17.4. The fourth-order valence-corrected chi connectivity index (χ4v) is 3.47. The molecule has 1 aromatic carbocycles. The lowest BCUT2D eigenvalue weighted by molar-refractivity contribution is -0.117. The monoisotopic (exact) mass is 401 g/mol. The van der Waals surface area contributed by atoms with Crippen molar-refractivity contribution in [2.45, 2.75) is 25.3 Å². The molecule has 118 valence electrons. The molecule has 3 rings (SSSR count). The molecule has 0 radical (unpaired) electrons. The van der Waals surface area contributed by atoms with Gasteiger partial charge in [-0.2, -0.15) is 0 Å². The van der Waals surface area contributed by atoms with Crippen molar-refractivity contribution < 1.29 is 4.79 Å².